The van der Waals surface area contributed by atoms with Crippen LogP contribution in [0.2, 0.25) is 0 Å². The molecule has 268 valence electrons. The van der Waals surface area contributed by atoms with Gasteiger partial charge < -0.3 is 0 Å². The predicted octanol–water partition coefficient (Wildman–Crippen LogP) is 16.4. The summed E-state index contributed by atoms with van der Waals surface area (Å²) in [5, 5.41) is 17.7. The Balaban J connectivity index is 1.18. The SMILES string of the molecule is c1cc(-c2c3ccccc3c(-c3cc4ccccc4c4ccccc34)c3cc(-c4ccc5ccccc5c4)ccc23)cc(-c2cc3ccccc3c3ccccc23)c1. The molecule has 0 aliphatic rings. The minimum atomic E-state index is 1.21. The van der Waals surface area contributed by atoms with Crippen molar-refractivity contribution >= 4 is 75.4 Å². The van der Waals surface area contributed by atoms with Gasteiger partial charge in [-0.05, 0) is 150 Å². The van der Waals surface area contributed by atoms with Gasteiger partial charge in [-0.2, -0.15) is 0 Å². The van der Waals surface area contributed by atoms with Crippen molar-refractivity contribution in [2.24, 2.45) is 0 Å². The van der Waals surface area contributed by atoms with Crippen molar-refractivity contribution in [3.8, 4) is 44.5 Å². The van der Waals surface area contributed by atoms with E-state index < -0.39 is 0 Å². The Kier molecular flexibility index (Phi) is 7.33. The monoisotopic (exact) mass is 732 g/mol. The lowest BCUT2D eigenvalue weighted by Gasteiger charge is -2.21. The molecule has 0 heterocycles. The van der Waals surface area contributed by atoms with Crippen LogP contribution in [0, 0.1) is 0 Å². The van der Waals surface area contributed by atoms with Gasteiger partial charge in [-0.3, -0.25) is 0 Å². The molecule has 12 aromatic rings. The molecule has 12 rings (SSSR count). The van der Waals surface area contributed by atoms with Crippen molar-refractivity contribution in [3.05, 3.63) is 218 Å². The second-order valence-electron chi connectivity index (χ2n) is 15.6. The first kappa shape index (κ1) is 32.7. The molecule has 0 heteroatoms. The van der Waals surface area contributed by atoms with E-state index >= 15 is 0 Å². The zero-order chi connectivity index (χ0) is 38.2. The normalized spacial score (nSPS) is 11.8. The van der Waals surface area contributed by atoms with E-state index in [1.807, 2.05) is 0 Å². The van der Waals surface area contributed by atoms with Crippen molar-refractivity contribution in [2.45, 2.75) is 0 Å². The molecule has 0 unspecified atom stereocenters. The topological polar surface area (TPSA) is 0 Å². The van der Waals surface area contributed by atoms with Crippen LogP contribution in [-0.2, 0) is 0 Å². The number of hydrogen-bond donors (Lipinski definition) is 0. The van der Waals surface area contributed by atoms with E-state index in [2.05, 4.69) is 218 Å². The Hall–Kier alpha value is -7.54. The van der Waals surface area contributed by atoms with E-state index in [0.717, 1.165) is 0 Å². The summed E-state index contributed by atoms with van der Waals surface area (Å²) in [7, 11) is 0. The van der Waals surface area contributed by atoms with E-state index in [1.165, 1.54) is 120 Å². The van der Waals surface area contributed by atoms with Crippen LogP contribution in [-0.4, -0.2) is 0 Å². The van der Waals surface area contributed by atoms with Gasteiger partial charge in [-0.25, -0.2) is 0 Å². The van der Waals surface area contributed by atoms with Crippen LogP contribution in [0.5, 0.6) is 0 Å². The van der Waals surface area contributed by atoms with Crippen LogP contribution in [0.4, 0.5) is 0 Å². The van der Waals surface area contributed by atoms with E-state index in [-0.39, 0.29) is 0 Å². The maximum absolute atomic E-state index is 2.45. The summed E-state index contributed by atoms with van der Waals surface area (Å²) in [4.78, 5) is 0. The van der Waals surface area contributed by atoms with Crippen LogP contribution in [0.1, 0.15) is 0 Å². The van der Waals surface area contributed by atoms with Gasteiger partial charge >= 0.3 is 0 Å². The number of benzene rings is 12. The molecule has 0 aromatic heterocycles. The third-order valence-corrected chi connectivity index (χ3v) is 12.4. The predicted molar refractivity (Wildman–Crippen MR) is 251 cm³/mol. The Morgan fingerprint density at radius 1 is 0.172 bits per heavy atom. The van der Waals surface area contributed by atoms with E-state index in [0.29, 0.717) is 0 Å². The van der Waals surface area contributed by atoms with E-state index in [9.17, 15) is 0 Å². The highest BCUT2D eigenvalue weighted by Crippen LogP contribution is 2.48. The van der Waals surface area contributed by atoms with Crippen LogP contribution in [0.25, 0.3) is 120 Å². The zero-order valence-electron chi connectivity index (χ0n) is 31.8. The first-order valence-corrected chi connectivity index (χ1v) is 20.2. The highest BCUT2D eigenvalue weighted by atomic mass is 14.2. The summed E-state index contributed by atoms with van der Waals surface area (Å²) in [5.41, 5.74) is 9.90. The molecule has 0 nitrogen and oxygen atoms in total. The second-order valence-corrected chi connectivity index (χ2v) is 15.6. The Morgan fingerprint density at radius 3 is 1.33 bits per heavy atom. The molecule has 0 spiro atoms. The smallest absolute Gasteiger partial charge is 0.00197 e. The van der Waals surface area contributed by atoms with Crippen molar-refractivity contribution in [2.75, 3.05) is 0 Å². The number of hydrogen-bond acceptors (Lipinski definition) is 0. The summed E-state index contributed by atoms with van der Waals surface area (Å²) in [6, 6.07) is 81.1. The minimum Gasteiger partial charge on any atom is -0.0616 e. The van der Waals surface area contributed by atoms with Gasteiger partial charge in [0.15, 0.2) is 0 Å². The van der Waals surface area contributed by atoms with Gasteiger partial charge in [0.25, 0.3) is 0 Å². The molecule has 0 aliphatic carbocycles. The molecule has 0 saturated carbocycles. The molecule has 0 bridgehead atoms. The zero-order valence-corrected chi connectivity index (χ0v) is 31.8. The fourth-order valence-electron chi connectivity index (χ4n) is 9.72. The molecule has 0 fully saturated rings. The largest absolute Gasteiger partial charge is 0.0616 e. The summed E-state index contributed by atoms with van der Waals surface area (Å²) < 4.78 is 0. The fraction of sp³-hybridized carbons (Fsp3) is 0. The Morgan fingerprint density at radius 2 is 0.638 bits per heavy atom. The van der Waals surface area contributed by atoms with Crippen LogP contribution < -0.4 is 0 Å². The Labute approximate surface area is 336 Å². The molecule has 0 N–H and O–H groups in total. The summed E-state index contributed by atoms with van der Waals surface area (Å²) in [5.74, 6) is 0. The number of fused-ring (bicyclic) bond motifs is 9. The van der Waals surface area contributed by atoms with Gasteiger partial charge in [0.2, 0.25) is 0 Å². The van der Waals surface area contributed by atoms with Gasteiger partial charge in [-0.15, -0.1) is 0 Å². The van der Waals surface area contributed by atoms with Crippen LogP contribution >= 0.6 is 0 Å². The molecule has 0 amide bonds. The quantitative estimate of drug-likeness (QED) is 0.125. The molecule has 0 aliphatic heterocycles. The lowest BCUT2D eigenvalue weighted by atomic mass is 9.82. The average molecular weight is 733 g/mol. The highest BCUT2D eigenvalue weighted by molar-refractivity contribution is 6.26. The first-order valence-electron chi connectivity index (χ1n) is 20.2. The fourth-order valence-corrected chi connectivity index (χ4v) is 9.72. The third kappa shape index (κ3) is 5.09. The maximum Gasteiger partial charge on any atom is -0.00197 e. The second kappa shape index (κ2) is 13.0. The molecule has 12 aromatic carbocycles. The van der Waals surface area contributed by atoms with Crippen LogP contribution in [0.15, 0.2) is 218 Å². The summed E-state index contributed by atoms with van der Waals surface area (Å²) in [6.45, 7) is 0. The van der Waals surface area contributed by atoms with Gasteiger partial charge in [0.1, 0.15) is 0 Å². The molecule has 0 radical (unpaired) electrons. The third-order valence-electron chi connectivity index (χ3n) is 12.4. The summed E-state index contributed by atoms with van der Waals surface area (Å²) >= 11 is 0. The van der Waals surface area contributed by atoms with E-state index in [1.54, 1.807) is 0 Å². The molecular formula is C58H36. The number of rotatable bonds is 4. The van der Waals surface area contributed by atoms with E-state index in [4.69, 9.17) is 0 Å². The molecule has 0 atom stereocenters. The Bertz CT molecular complexity index is 3620. The lowest BCUT2D eigenvalue weighted by molar-refractivity contribution is 1.64. The van der Waals surface area contributed by atoms with Crippen molar-refractivity contribution < 1.29 is 0 Å². The molecular weight excluding hydrogens is 697 g/mol. The highest BCUT2D eigenvalue weighted by Gasteiger charge is 2.21. The van der Waals surface area contributed by atoms with Crippen molar-refractivity contribution in [3.63, 3.8) is 0 Å². The average Bonchev–Trinajstić information content (AvgIpc) is 3.30. The lowest BCUT2D eigenvalue weighted by Crippen LogP contribution is -1.93. The molecule has 0 saturated heterocycles. The van der Waals surface area contributed by atoms with Gasteiger partial charge in [0, 0.05) is 0 Å². The van der Waals surface area contributed by atoms with Crippen molar-refractivity contribution in [1.82, 2.24) is 0 Å². The first-order chi connectivity index (χ1) is 28.8. The summed E-state index contributed by atoms with van der Waals surface area (Å²) in [6.07, 6.45) is 0. The maximum atomic E-state index is 2.45. The van der Waals surface area contributed by atoms with Crippen molar-refractivity contribution in [1.29, 1.82) is 0 Å². The standard InChI is InChI=1S/C58H36/c1-2-15-38-32-39(29-28-37(38)14-1)40-30-31-53-56(34-40)58(55-36-43-17-4-6-21-46(43)48-23-8-10-25-50(48)55)52-27-12-11-26-51(52)57(53)44-19-13-18-41(33-44)54-35-42-16-3-5-20-45(42)47-22-7-9-24-49(47)54/h1-36H. The van der Waals surface area contributed by atoms with Crippen LogP contribution in [0.3, 0.4) is 0 Å². The minimum absolute atomic E-state index is 1.21. The van der Waals surface area contributed by atoms with Gasteiger partial charge in [-0.1, -0.05) is 188 Å². The van der Waals surface area contributed by atoms with Gasteiger partial charge in [0.05, 0.1) is 0 Å². The molecule has 58 heavy (non-hydrogen) atoms.